The van der Waals surface area contributed by atoms with Crippen molar-refractivity contribution in [2.24, 2.45) is 0 Å². The largest absolute Gasteiger partial charge is 0.509 e. The second-order valence-corrected chi connectivity index (χ2v) is 7.82. The number of anilines is 1. The predicted octanol–water partition coefficient (Wildman–Crippen LogP) is 0.0711. The van der Waals surface area contributed by atoms with E-state index in [0.717, 1.165) is 0 Å². The van der Waals surface area contributed by atoms with Crippen molar-refractivity contribution in [2.45, 2.75) is 55.9 Å². The van der Waals surface area contributed by atoms with Gasteiger partial charge in [0.05, 0.1) is 5.69 Å². The Hall–Kier alpha value is -2.94. The standard InChI is InChI=1S/C17H19N5O6/c1-15(2,3)28-14(24)26-13-16(6-18)17(13,25)11(23)10(27-16)8-4-5-9-12(19)20-7-21-22(8)9/h4-5,7,10-11,13,23,25H,1-3H3,(H2,19,20,21)/t10-,11-,13?,16+,17+/m0/s1. The van der Waals surface area contributed by atoms with Crippen LogP contribution in [0.2, 0.25) is 0 Å². The highest BCUT2D eigenvalue weighted by atomic mass is 16.8. The molecule has 11 heteroatoms. The predicted molar refractivity (Wildman–Crippen MR) is 91.6 cm³/mol. The SMILES string of the molecule is CC(C)(C)OC(=O)OC1[C@@]2(C#N)O[C@@H](c3ccc4c(N)ncnn34)[C@H](O)[C@@]12O. The minimum Gasteiger partial charge on any atom is -0.429 e. The Labute approximate surface area is 159 Å². The van der Waals surface area contributed by atoms with E-state index in [-0.39, 0.29) is 5.82 Å². The molecule has 0 aromatic carbocycles. The Kier molecular flexibility index (Phi) is 3.64. The number of nitrogens with zero attached hydrogens (tertiary/aromatic N) is 4. The van der Waals surface area contributed by atoms with Gasteiger partial charge in [-0.1, -0.05) is 0 Å². The quantitative estimate of drug-likeness (QED) is 0.598. The Morgan fingerprint density at radius 1 is 1.46 bits per heavy atom. The highest BCUT2D eigenvalue weighted by Crippen LogP contribution is 2.64. The Balaban J connectivity index is 1.62. The van der Waals surface area contributed by atoms with Crippen LogP contribution in [0.1, 0.15) is 32.6 Å². The van der Waals surface area contributed by atoms with Crippen LogP contribution in [0.3, 0.4) is 0 Å². The van der Waals surface area contributed by atoms with Crippen LogP contribution >= 0.6 is 0 Å². The van der Waals surface area contributed by atoms with Crippen LogP contribution < -0.4 is 5.73 Å². The number of fused-ring (bicyclic) bond motifs is 2. The summed E-state index contributed by atoms with van der Waals surface area (Å²) in [6, 6.07) is 5.05. The number of hydrogen-bond acceptors (Lipinski definition) is 10. The minimum atomic E-state index is -2.11. The summed E-state index contributed by atoms with van der Waals surface area (Å²) < 4.78 is 17.2. The molecule has 0 spiro atoms. The first kappa shape index (κ1) is 18.4. The molecular formula is C17H19N5O6. The average Bonchev–Trinajstić information content (AvgIpc) is 2.89. The molecule has 3 heterocycles. The fourth-order valence-electron chi connectivity index (χ4n) is 3.58. The van der Waals surface area contributed by atoms with Crippen LogP contribution in [0.25, 0.3) is 5.52 Å². The Morgan fingerprint density at radius 3 is 2.79 bits per heavy atom. The van der Waals surface area contributed by atoms with E-state index in [9.17, 15) is 20.3 Å². The van der Waals surface area contributed by atoms with Gasteiger partial charge in [-0.05, 0) is 32.9 Å². The highest BCUT2D eigenvalue weighted by molar-refractivity contribution is 5.66. The van der Waals surface area contributed by atoms with Gasteiger partial charge in [-0.15, -0.1) is 0 Å². The first-order valence-electron chi connectivity index (χ1n) is 8.52. The molecule has 1 saturated heterocycles. The zero-order chi connectivity index (χ0) is 20.5. The van der Waals surface area contributed by atoms with E-state index in [2.05, 4.69) is 10.1 Å². The fourth-order valence-corrected chi connectivity index (χ4v) is 3.58. The van der Waals surface area contributed by atoms with Gasteiger partial charge in [-0.2, -0.15) is 10.4 Å². The van der Waals surface area contributed by atoms with Crippen molar-refractivity contribution in [1.29, 1.82) is 5.26 Å². The summed E-state index contributed by atoms with van der Waals surface area (Å²) in [6.07, 6.45) is -3.89. The molecule has 0 radical (unpaired) electrons. The maximum Gasteiger partial charge on any atom is 0.509 e. The first-order valence-corrected chi connectivity index (χ1v) is 8.52. The fraction of sp³-hybridized carbons (Fsp3) is 0.529. The molecule has 0 bridgehead atoms. The minimum absolute atomic E-state index is 0.221. The molecule has 148 valence electrons. The molecule has 2 aliphatic rings. The highest BCUT2D eigenvalue weighted by Gasteiger charge is 2.91. The number of nitriles is 1. The van der Waals surface area contributed by atoms with Gasteiger partial charge < -0.3 is 30.2 Å². The van der Waals surface area contributed by atoms with Crippen LogP contribution in [0.4, 0.5) is 10.6 Å². The lowest BCUT2D eigenvalue weighted by Crippen LogP contribution is -2.37. The van der Waals surface area contributed by atoms with Gasteiger partial charge >= 0.3 is 6.16 Å². The summed E-state index contributed by atoms with van der Waals surface area (Å²) in [7, 11) is 0. The number of carbonyl (C=O) groups is 1. The molecule has 1 aliphatic carbocycles. The normalized spacial score (nSPS) is 33.9. The van der Waals surface area contributed by atoms with E-state index < -0.39 is 41.3 Å². The molecule has 1 aliphatic heterocycles. The van der Waals surface area contributed by atoms with Crippen molar-refractivity contribution in [3.63, 3.8) is 0 Å². The number of carbonyl (C=O) groups excluding carboxylic acids is 1. The zero-order valence-electron chi connectivity index (χ0n) is 15.4. The number of ether oxygens (including phenoxy) is 3. The second-order valence-electron chi connectivity index (χ2n) is 7.82. The van der Waals surface area contributed by atoms with Gasteiger partial charge in [0.2, 0.25) is 5.60 Å². The lowest BCUT2D eigenvalue weighted by atomic mass is 10.0. The molecule has 1 unspecified atom stereocenters. The maximum absolute atomic E-state index is 11.9. The second kappa shape index (κ2) is 5.54. The zero-order valence-corrected chi connectivity index (χ0v) is 15.4. The number of aromatic nitrogens is 3. The van der Waals surface area contributed by atoms with E-state index in [4.69, 9.17) is 19.9 Å². The van der Waals surface area contributed by atoms with Gasteiger partial charge in [0.1, 0.15) is 35.7 Å². The third-order valence-electron chi connectivity index (χ3n) is 4.90. The monoisotopic (exact) mass is 389 g/mol. The number of nitrogen functional groups attached to an aromatic ring is 1. The van der Waals surface area contributed by atoms with Crippen molar-refractivity contribution in [1.82, 2.24) is 14.6 Å². The molecule has 4 N–H and O–H groups in total. The first-order chi connectivity index (χ1) is 13.0. The molecule has 4 rings (SSSR count). The lowest BCUT2D eigenvalue weighted by molar-refractivity contribution is -0.0940. The number of rotatable bonds is 2. The Bertz CT molecular complexity index is 1010. The third-order valence-corrected chi connectivity index (χ3v) is 4.90. The van der Waals surface area contributed by atoms with Crippen molar-refractivity contribution in [2.75, 3.05) is 5.73 Å². The van der Waals surface area contributed by atoms with E-state index in [0.29, 0.717) is 11.2 Å². The van der Waals surface area contributed by atoms with Gasteiger partial charge in [0.25, 0.3) is 0 Å². The number of hydrogen-bond donors (Lipinski definition) is 3. The molecule has 2 aromatic heterocycles. The number of aliphatic hydroxyl groups is 2. The van der Waals surface area contributed by atoms with E-state index in [1.807, 2.05) is 6.07 Å². The number of aliphatic hydroxyl groups excluding tert-OH is 1. The van der Waals surface area contributed by atoms with Crippen LogP contribution in [-0.2, 0) is 14.2 Å². The summed E-state index contributed by atoms with van der Waals surface area (Å²) in [5.74, 6) is 0.221. The van der Waals surface area contributed by atoms with Crippen molar-refractivity contribution in [3.8, 4) is 6.07 Å². The summed E-state index contributed by atoms with van der Waals surface area (Å²) in [5, 5.41) is 35.3. The van der Waals surface area contributed by atoms with Gasteiger partial charge in [-0.25, -0.2) is 14.3 Å². The smallest absolute Gasteiger partial charge is 0.429 e. The molecular weight excluding hydrogens is 370 g/mol. The summed E-state index contributed by atoms with van der Waals surface area (Å²) in [5.41, 5.74) is 1.79. The molecule has 0 amide bonds. The molecule has 5 atom stereocenters. The third kappa shape index (κ3) is 2.29. The van der Waals surface area contributed by atoms with Gasteiger partial charge in [0.15, 0.2) is 17.5 Å². The Morgan fingerprint density at radius 2 is 2.18 bits per heavy atom. The van der Waals surface area contributed by atoms with Gasteiger partial charge in [-0.3, -0.25) is 0 Å². The average molecular weight is 389 g/mol. The van der Waals surface area contributed by atoms with Crippen LogP contribution in [0.15, 0.2) is 18.5 Å². The topological polar surface area (TPSA) is 165 Å². The van der Waals surface area contributed by atoms with Crippen molar-refractivity contribution in [3.05, 3.63) is 24.2 Å². The molecule has 2 fully saturated rings. The lowest BCUT2D eigenvalue weighted by Gasteiger charge is -2.23. The van der Waals surface area contributed by atoms with Crippen LogP contribution in [0, 0.1) is 11.3 Å². The van der Waals surface area contributed by atoms with E-state index in [1.165, 1.54) is 10.8 Å². The molecule has 11 nitrogen and oxygen atoms in total. The number of nitrogens with two attached hydrogens (primary N) is 1. The summed E-state index contributed by atoms with van der Waals surface area (Å²) >= 11 is 0. The van der Waals surface area contributed by atoms with Crippen molar-refractivity contribution < 1.29 is 29.2 Å². The molecule has 28 heavy (non-hydrogen) atoms. The van der Waals surface area contributed by atoms with E-state index >= 15 is 0 Å². The van der Waals surface area contributed by atoms with Crippen LogP contribution in [0.5, 0.6) is 0 Å². The van der Waals surface area contributed by atoms with Crippen LogP contribution in [-0.4, -0.2) is 60.0 Å². The maximum atomic E-state index is 11.9. The molecule has 2 aromatic rings. The van der Waals surface area contributed by atoms with Gasteiger partial charge in [0, 0.05) is 0 Å². The van der Waals surface area contributed by atoms with E-state index in [1.54, 1.807) is 32.9 Å². The molecule has 1 saturated carbocycles. The van der Waals surface area contributed by atoms with Crippen molar-refractivity contribution >= 4 is 17.5 Å². The summed E-state index contributed by atoms with van der Waals surface area (Å²) in [4.78, 5) is 15.8. The summed E-state index contributed by atoms with van der Waals surface area (Å²) in [6.45, 7) is 4.93.